The van der Waals surface area contributed by atoms with Gasteiger partial charge < -0.3 is 19.9 Å². The lowest BCUT2D eigenvalue weighted by Gasteiger charge is -2.50. The van der Waals surface area contributed by atoms with Gasteiger partial charge in [0.15, 0.2) is 0 Å². The topological polar surface area (TPSA) is 79.0 Å². The highest BCUT2D eigenvalue weighted by molar-refractivity contribution is 5.91. The van der Waals surface area contributed by atoms with Crippen molar-refractivity contribution in [2.24, 2.45) is 5.92 Å². The number of carbonyl (C=O) groups is 3. The van der Waals surface area contributed by atoms with Crippen molar-refractivity contribution in [3.05, 3.63) is 0 Å². The first-order valence-electron chi connectivity index (χ1n) is 7.52. The van der Waals surface area contributed by atoms with Gasteiger partial charge in [-0.15, -0.1) is 0 Å². The van der Waals surface area contributed by atoms with Gasteiger partial charge in [0.1, 0.15) is 6.04 Å². The summed E-state index contributed by atoms with van der Waals surface area (Å²) < 4.78 is 4.83. The lowest BCUT2D eigenvalue weighted by Crippen LogP contribution is -2.69. The van der Waals surface area contributed by atoms with Gasteiger partial charge in [0.2, 0.25) is 11.8 Å². The van der Waals surface area contributed by atoms with Crippen molar-refractivity contribution in [3.8, 4) is 0 Å². The van der Waals surface area contributed by atoms with E-state index in [0.717, 1.165) is 0 Å². The highest BCUT2D eigenvalue weighted by Crippen LogP contribution is 2.28. The molecule has 0 spiro atoms. The van der Waals surface area contributed by atoms with Crippen LogP contribution in [-0.2, 0) is 19.1 Å². The van der Waals surface area contributed by atoms with E-state index in [0.29, 0.717) is 0 Å². The van der Waals surface area contributed by atoms with Crippen LogP contribution in [0, 0.1) is 5.92 Å². The Morgan fingerprint density at radius 1 is 1.27 bits per heavy atom. The van der Waals surface area contributed by atoms with E-state index >= 15 is 0 Å². The molecule has 5 unspecified atom stereocenters. The second-order valence-electron chi connectivity index (χ2n) is 5.92. The Kier molecular flexibility index (Phi) is 5.93. The molecule has 1 heterocycles. The van der Waals surface area contributed by atoms with Gasteiger partial charge in [-0.05, 0) is 34.7 Å². The lowest BCUT2D eigenvalue weighted by atomic mass is 9.88. The maximum Gasteiger partial charge on any atom is 0.310 e. The fourth-order valence-electron chi connectivity index (χ4n) is 3.00. The first-order chi connectivity index (χ1) is 10.2. The Balaban J connectivity index is 3.26. The monoisotopic (exact) mass is 313 g/mol. The van der Waals surface area contributed by atoms with Gasteiger partial charge in [-0.2, -0.15) is 0 Å². The molecule has 0 bridgehead atoms. The molecule has 1 aliphatic rings. The lowest BCUT2D eigenvalue weighted by molar-refractivity contribution is -0.166. The third-order valence-electron chi connectivity index (χ3n) is 4.69. The van der Waals surface area contributed by atoms with Crippen LogP contribution < -0.4 is 5.32 Å². The Morgan fingerprint density at radius 3 is 2.27 bits per heavy atom. The van der Waals surface area contributed by atoms with Gasteiger partial charge in [0, 0.05) is 13.1 Å². The van der Waals surface area contributed by atoms with E-state index in [2.05, 4.69) is 5.32 Å². The van der Waals surface area contributed by atoms with Crippen molar-refractivity contribution in [3.63, 3.8) is 0 Å². The maximum atomic E-state index is 12.7. The first-order valence-corrected chi connectivity index (χ1v) is 7.52. The fraction of sp³-hybridized carbons (Fsp3) is 0.800. The van der Waals surface area contributed by atoms with Crippen LogP contribution in [0.25, 0.3) is 0 Å². The molecule has 7 nitrogen and oxygen atoms in total. The summed E-state index contributed by atoms with van der Waals surface area (Å²) in [5.41, 5.74) is 0. The molecule has 0 radical (unpaired) electrons. The van der Waals surface area contributed by atoms with Gasteiger partial charge >= 0.3 is 5.97 Å². The van der Waals surface area contributed by atoms with Crippen molar-refractivity contribution >= 4 is 17.8 Å². The number of hydrogen-bond donors (Lipinski definition) is 1. The quantitative estimate of drug-likeness (QED) is 0.730. The molecule has 0 aromatic carbocycles. The molecule has 1 rings (SSSR count). The van der Waals surface area contributed by atoms with E-state index in [4.69, 9.17) is 4.74 Å². The first kappa shape index (κ1) is 18.4. The minimum absolute atomic E-state index is 0.127. The van der Waals surface area contributed by atoms with Gasteiger partial charge in [-0.1, -0.05) is 0 Å². The van der Waals surface area contributed by atoms with Crippen LogP contribution in [0.5, 0.6) is 0 Å². The predicted molar refractivity (Wildman–Crippen MR) is 82.0 cm³/mol. The van der Waals surface area contributed by atoms with Gasteiger partial charge in [0.25, 0.3) is 0 Å². The number of esters is 1. The summed E-state index contributed by atoms with van der Waals surface area (Å²) >= 11 is 0. The zero-order valence-electron chi connectivity index (χ0n) is 14.4. The number of piperazine rings is 1. The van der Waals surface area contributed by atoms with E-state index in [-0.39, 0.29) is 23.8 Å². The summed E-state index contributed by atoms with van der Waals surface area (Å²) in [7, 11) is 4.71. The number of amides is 2. The standard InChI is InChI=1S/C15H27N3O4/c1-8(15(21)22-7)12-10(3)17(6)14(20)11(4)18(12)13(19)9(2)16-5/h8-12,16H,1-7H3. The highest BCUT2D eigenvalue weighted by atomic mass is 16.5. The van der Waals surface area contributed by atoms with E-state index in [1.807, 2.05) is 6.92 Å². The molecule has 0 aromatic heterocycles. The summed E-state index contributed by atoms with van der Waals surface area (Å²) in [6.07, 6.45) is 0. The van der Waals surface area contributed by atoms with E-state index < -0.39 is 24.0 Å². The van der Waals surface area contributed by atoms with Crippen molar-refractivity contribution in [2.75, 3.05) is 21.2 Å². The number of hydrogen-bond acceptors (Lipinski definition) is 5. The van der Waals surface area contributed by atoms with Crippen molar-refractivity contribution in [1.82, 2.24) is 15.1 Å². The highest BCUT2D eigenvalue weighted by Gasteiger charge is 2.48. The number of likely N-dealkylation sites (N-methyl/N-ethyl adjacent to an activating group) is 2. The molecule has 2 amide bonds. The third kappa shape index (κ3) is 3.09. The van der Waals surface area contributed by atoms with Gasteiger partial charge in [0.05, 0.1) is 25.1 Å². The maximum absolute atomic E-state index is 12.7. The van der Waals surface area contributed by atoms with Crippen LogP contribution in [0.1, 0.15) is 27.7 Å². The number of rotatable bonds is 4. The molecule has 22 heavy (non-hydrogen) atoms. The normalized spacial score (nSPS) is 28.3. The molecule has 1 N–H and O–H groups in total. The molecule has 126 valence electrons. The smallest absolute Gasteiger partial charge is 0.310 e. The summed E-state index contributed by atoms with van der Waals surface area (Å²) in [6, 6.07) is -1.74. The van der Waals surface area contributed by atoms with Crippen LogP contribution in [0.15, 0.2) is 0 Å². The average molecular weight is 313 g/mol. The van der Waals surface area contributed by atoms with E-state index in [9.17, 15) is 14.4 Å². The summed E-state index contributed by atoms with van der Waals surface area (Å²) in [5.74, 6) is -1.23. The Labute approximate surface area is 132 Å². The summed E-state index contributed by atoms with van der Waals surface area (Å²) in [5, 5.41) is 2.89. The predicted octanol–water partition coefficient (Wildman–Crippen LogP) is -0.150. The average Bonchev–Trinajstić information content (AvgIpc) is 2.52. The Morgan fingerprint density at radius 2 is 1.82 bits per heavy atom. The number of methoxy groups -OCH3 is 1. The zero-order chi connectivity index (χ0) is 17.2. The Hall–Kier alpha value is -1.63. The van der Waals surface area contributed by atoms with Crippen LogP contribution in [0.3, 0.4) is 0 Å². The van der Waals surface area contributed by atoms with Crippen molar-refractivity contribution in [1.29, 1.82) is 0 Å². The molecule has 1 saturated heterocycles. The molecule has 1 fully saturated rings. The second kappa shape index (κ2) is 7.09. The fourth-order valence-corrected chi connectivity index (χ4v) is 3.00. The number of nitrogens with zero attached hydrogens (tertiary/aromatic N) is 2. The van der Waals surface area contributed by atoms with Crippen LogP contribution >= 0.6 is 0 Å². The van der Waals surface area contributed by atoms with Gasteiger partial charge in [-0.3, -0.25) is 14.4 Å². The minimum Gasteiger partial charge on any atom is -0.469 e. The SMILES string of the molecule is CNC(C)C(=O)N1C(C)C(=O)N(C)C(C)C1C(C)C(=O)OC. The van der Waals surface area contributed by atoms with Crippen molar-refractivity contribution in [2.45, 2.75) is 51.9 Å². The van der Waals surface area contributed by atoms with Crippen molar-refractivity contribution < 1.29 is 19.1 Å². The molecule has 0 aliphatic carbocycles. The van der Waals surface area contributed by atoms with Crippen LogP contribution in [0.4, 0.5) is 0 Å². The van der Waals surface area contributed by atoms with E-state index in [1.165, 1.54) is 12.0 Å². The zero-order valence-corrected chi connectivity index (χ0v) is 14.4. The minimum atomic E-state index is -0.610. The van der Waals surface area contributed by atoms with Gasteiger partial charge in [-0.25, -0.2) is 0 Å². The number of carbonyl (C=O) groups excluding carboxylic acids is 3. The van der Waals surface area contributed by atoms with Crippen LogP contribution in [-0.4, -0.2) is 73.0 Å². The second-order valence-corrected chi connectivity index (χ2v) is 5.92. The van der Waals surface area contributed by atoms with Crippen LogP contribution in [0.2, 0.25) is 0 Å². The van der Waals surface area contributed by atoms with E-state index in [1.54, 1.807) is 39.8 Å². The molecular formula is C15H27N3O4. The summed E-state index contributed by atoms with van der Waals surface area (Å²) in [4.78, 5) is 40.2. The molecule has 1 aliphatic heterocycles. The molecule has 7 heteroatoms. The number of nitrogens with one attached hydrogen (secondary N) is 1. The third-order valence-corrected chi connectivity index (χ3v) is 4.69. The molecular weight excluding hydrogens is 286 g/mol. The Bertz CT molecular complexity index is 454. The largest absolute Gasteiger partial charge is 0.469 e. The summed E-state index contributed by atoms with van der Waals surface area (Å²) in [6.45, 7) is 7.01. The number of ether oxygens (including phenoxy) is 1. The molecule has 0 aromatic rings. The molecule has 5 atom stereocenters. The molecule has 0 saturated carbocycles.